The molecule has 3 rings (SSSR count). The molecule has 1 aliphatic carbocycles. The summed E-state index contributed by atoms with van der Waals surface area (Å²) in [5.41, 5.74) is 1.52. The van der Waals surface area contributed by atoms with Crippen LogP contribution in [0.3, 0.4) is 0 Å². The van der Waals surface area contributed by atoms with E-state index < -0.39 is 22.2 Å². The molecule has 0 heterocycles. The fourth-order valence-electron chi connectivity index (χ4n) is 2.63. The summed E-state index contributed by atoms with van der Waals surface area (Å²) in [4.78, 5) is 10.2. The topological polar surface area (TPSA) is 55.2 Å². The van der Waals surface area contributed by atoms with E-state index in [0.29, 0.717) is 6.54 Å². The van der Waals surface area contributed by atoms with Gasteiger partial charge >= 0.3 is 0 Å². The zero-order valence-corrected chi connectivity index (χ0v) is 11.0. The van der Waals surface area contributed by atoms with E-state index in [2.05, 4.69) is 5.32 Å². The van der Waals surface area contributed by atoms with Crippen molar-refractivity contribution in [3.63, 3.8) is 0 Å². The highest BCUT2D eigenvalue weighted by Gasteiger charge is 2.27. The van der Waals surface area contributed by atoms with E-state index in [-0.39, 0.29) is 11.6 Å². The predicted molar refractivity (Wildman–Crippen MR) is 74.4 cm³/mol. The van der Waals surface area contributed by atoms with Crippen LogP contribution in [0.4, 0.5) is 20.2 Å². The first kappa shape index (κ1) is 13.5. The van der Waals surface area contributed by atoms with Gasteiger partial charge < -0.3 is 5.32 Å². The molecule has 2 aromatic rings. The minimum atomic E-state index is -1.21. The van der Waals surface area contributed by atoms with Crippen LogP contribution in [0, 0.1) is 21.7 Å². The summed E-state index contributed by atoms with van der Waals surface area (Å²) >= 11 is 0. The van der Waals surface area contributed by atoms with Gasteiger partial charge in [-0.3, -0.25) is 10.1 Å². The van der Waals surface area contributed by atoms with Gasteiger partial charge in [0.2, 0.25) is 0 Å². The number of fused-ring (bicyclic) bond motifs is 1. The van der Waals surface area contributed by atoms with Gasteiger partial charge in [0, 0.05) is 18.5 Å². The first-order valence-electron chi connectivity index (χ1n) is 6.52. The lowest BCUT2D eigenvalue weighted by atomic mass is 9.77. The van der Waals surface area contributed by atoms with Gasteiger partial charge in [0.1, 0.15) is 0 Å². The van der Waals surface area contributed by atoms with Crippen molar-refractivity contribution in [2.24, 2.45) is 0 Å². The summed E-state index contributed by atoms with van der Waals surface area (Å²) in [6.07, 6.45) is 0.827. The molecule has 0 saturated carbocycles. The molecule has 1 atom stereocenters. The Morgan fingerprint density at radius 2 is 2.00 bits per heavy atom. The van der Waals surface area contributed by atoms with Gasteiger partial charge in [-0.25, -0.2) is 8.78 Å². The van der Waals surface area contributed by atoms with Crippen molar-refractivity contribution in [2.45, 2.75) is 12.3 Å². The average molecular weight is 290 g/mol. The van der Waals surface area contributed by atoms with Crippen LogP contribution in [0.1, 0.15) is 17.0 Å². The molecule has 1 unspecified atom stereocenters. The highest BCUT2D eigenvalue weighted by molar-refractivity contribution is 5.63. The lowest BCUT2D eigenvalue weighted by Crippen LogP contribution is -2.24. The molecule has 0 aliphatic heterocycles. The van der Waals surface area contributed by atoms with E-state index in [9.17, 15) is 18.9 Å². The number of benzene rings is 2. The van der Waals surface area contributed by atoms with Crippen LogP contribution >= 0.6 is 0 Å². The lowest BCUT2D eigenvalue weighted by molar-refractivity contribution is -0.384. The molecule has 0 spiro atoms. The number of nitro benzene ring substituents is 1. The molecule has 108 valence electrons. The Hall–Kier alpha value is -2.50. The molecular formula is C15H12F2N2O2. The normalized spacial score (nSPS) is 16.0. The number of nitro groups is 1. The SMILES string of the molecule is O=[N+]([O-])c1ccc(F)c(F)c1NCC1Cc2ccccc21. The van der Waals surface area contributed by atoms with E-state index >= 15 is 0 Å². The van der Waals surface area contributed by atoms with Gasteiger partial charge in [0.25, 0.3) is 5.69 Å². The van der Waals surface area contributed by atoms with Gasteiger partial charge in [0.15, 0.2) is 17.3 Å². The Bertz CT molecular complexity index is 719. The molecule has 0 fully saturated rings. The van der Waals surface area contributed by atoms with Crippen molar-refractivity contribution >= 4 is 11.4 Å². The smallest absolute Gasteiger partial charge is 0.295 e. The van der Waals surface area contributed by atoms with E-state index in [4.69, 9.17) is 0 Å². The van der Waals surface area contributed by atoms with Crippen molar-refractivity contribution in [1.29, 1.82) is 0 Å². The number of halogens is 2. The largest absolute Gasteiger partial charge is 0.376 e. The van der Waals surface area contributed by atoms with Crippen molar-refractivity contribution in [3.8, 4) is 0 Å². The molecule has 0 aromatic heterocycles. The summed E-state index contributed by atoms with van der Waals surface area (Å²) in [6.45, 7) is 0.332. The van der Waals surface area contributed by atoms with Gasteiger partial charge in [-0.15, -0.1) is 0 Å². The lowest BCUT2D eigenvalue weighted by Gasteiger charge is -2.30. The van der Waals surface area contributed by atoms with E-state index in [1.54, 1.807) is 0 Å². The Labute approximate surface area is 119 Å². The number of hydrogen-bond donors (Lipinski definition) is 1. The summed E-state index contributed by atoms with van der Waals surface area (Å²) < 4.78 is 27.0. The Kier molecular flexibility index (Phi) is 3.29. The van der Waals surface area contributed by atoms with Crippen LogP contribution in [0.25, 0.3) is 0 Å². The highest BCUT2D eigenvalue weighted by Crippen LogP contribution is 2.36. The second kappa shape index (κ2) is 5.12. The first-order valence-corrected chi connectivity index (χ1v) is 6.52. The fourth-order valence-corrected chi connectivity index (χ4v) is 2.63. The van der Waals surface area contributed by atoms with Crippen molar-refractivity contribution < 1.29 is 13.7 Å². The molecular weight excluding hydrogens is 278 g/mol. The molecule has 4 nitrogen and oxygen atoms in total. The molecule has 6 heteroatoms. The predicted octanol–water partition coefficient (Wildman–Crippen LogP) is 3.62. The third kappa shape index (κ3) is 2.33. The number of hydrogen-bond acceptors (Lipinski definition) is 3. The summed E-state index contributed by atoms with van der Waals surface area (Å²) in [5.74, 6) is -2.16. The van der Waals surface area contributed by atoms with Crippen LogP contribution in [0.15, 0.2) is 36.4 Å². The van der Waals surface area contributed by atoms with Crippen LogP contribution in [-0.4, -0.2) is 11.5 Å². The molecule has 0 bridgehead atoms. The van der Waals surface area contributed by atoms with Crippen LogP contribution in [0.5, 0.6) is 0 Å². The minimum absolute atomic E-state index is 0.156. The van der Waals surface area contributed by atoms with Gasteiger partial charge in [-0.2, -0.15) is 0 Å². The summed E-state index contributed by atoms with van der Waals surface area (Å²) in [7, 11) is 0. The third-order valence-electron chi connectivity index (χ3n) is 3.76. The average Bonchev–Trinajstić information content (AvgIpc) is 2.44. The number of nitrogens with zero attached hydrogens (tertiary/aromatic N) is 1. The van der Waals surface area contributed by atoms with Gasteiger partial charge in [-0.05, 0) is 23.6 Å². The number of anilines is 1. The standard InChI is InChI=1S/C15H12F2N2O2/c16-12-5-6-13(19(20)21)15(14(12)17)18-8-10-7-9-3-1-2-4-11(9)10/h1-6,10,18H,7-8H2. The Morgan fingerprint density at radius 3 is 2.71 bits per heavy atom. The second-order valence-electron chi connectivity index (χ2n) is 4.99. The maximum Gasteiger partial charge on any atom is 0.295 e. The molecule has 1 N–H and O–H groups in total. The Morgan fingerprint density at radius 1 is 1.24 bits per heavy atom. The van der Waals surface area contributed by atoms with Crippen molar-refractivity contribution in [1.82, 2.24) is 0 Å². The zero-order chi connectivity index (χ0) is 15.0. The first-order chi connectivity index (χ1) is 10.1. The van der Waals surface area contributed by atoms with Crippen molar-refractivity contribution in [2.75, 3.05) is 11.9 Å². The minimum Gasteiger partial charge on any atom is -0.376 e. The van der Waals surface area contributed by atoms with E-state index in [1.807, 2.05) is 24.3 Å². The van der Waals surface area contributed by atoms with E-state index in [1.165, 1.54) is 5.56 Å². The molecule has 2 aromatic carbocycles. The second-order valence-corrected chi connectivity index (χ2v) is 4.99. The van der Waals surface area contributed by atoms with Gasteiger partial charge in [-0.1, -0.05) is 24.3 Å². The molecule has 0 radical (unpaired) electrons. The zero-order valence-electron chi connectivity index (χ0n) is 11.0. The fraction of sp³-hybridized carbons (Fsp3) is 0.200. The van der Waals surface area contributed by atoms with Crippen LogP contribution in [-0.2, 0) is 6.42 Å². The maximum atomic E-state index is 13.7. The van der Waals surface area contributed by atoms with E-state index in [0.717, 1.165) is 24.1 Å². The van der Waals surface area contributed by atoms with Crippen LogP contribution < -0.4 is 5.32 Å². The van der Waals surface area contributed by atoms with Crippen molar-refractivity contribution in [3.05, 3.63) is 69.3 Å². The highest BCUT2D eigenvalue weighted by atomic mass is 19.2. The molecule has 21 heavy (non-hydrogen) atoms. The number of rotatable bonds is 4. The number of nitrogens with one attached hydrogen (secondary N) is 1. The van der Waals surface area contributed by atoms with Crippen LogP contribution in [0.2, 0.25) is 0 Å². The molecule has 1 aliphatic rings. The Balaban J connectivity index is 1.80. The maximum absolute atomic E-state index is 13.7. The quantitative estimate of drug-likeness (QED) is 0.691. The monoisotopic (exact) mass is 290 g/mol. The van der Waals surface area contributed by atoms with Gasteiger partial charge in [0.05, 0.1) is 4.92 Å². The third-order valence-corrected chi connectivity index (χ3v) is 3.76. The molecule has 0 saturated heterocycles. The summed E-state index contributed by atoms with van der Waals surface area (Å²) in [5, 5.41) is 13.6. The molecule has 0 amide bonds. The summed E-state index contributed by atoms with van der Waals surface area (Å²) in [6, 6.07) is 9.57.